The van der Waals surface area contributed by atoms with Crippen LogP contribution in [0.5, 0.6) is 5.75 Å². The van der Waals surface area contributed by atoms with Crippen molar-refractivity contribution in [2.24, 2.45) is 5.92 Å². The molecule has 2 aromatic carbocycles. The van der Waals surface area contributed by atoms with Gasteiger partial charge in [0.15, 0.2) is 5.75 Å². The zero-order valence-corrected chi connectivity index (χ0v) is 21.1. The molecule has 1 aliphatic rings. The number of ether oxygens (including phenoxy) is 1. The fourth-order valence-corrected chi connectivity index (χ4v) is 4.39. The molecule has 2 aromatic rings. The summed E-state index contributed by atoms with van der Waals surface area (Å²) in [6.45, 7) is 3.83. The zero-order valence-electron chi connectivity index (χ0n) is 20.3. The number of carbonyl (C=O) groups excluding carboxylic acids is 2. The normalized spacial score (nSPS) is 19.0. The highest BCUT2D eigenvalue weighted by Crippen LogP contribution is 2.35. The van der Waals surface area contributed by atoms with Crippen LogP contribution < -0.4 is 14.8 Å². The first-order valence-corrected chi connectivity index (χ1v) is 13.2. The molecule has 11 heteroatoms. The number of nitrogens with one attached hydrogen (secondary N) is 2. The summed E-state index contributed by atoms with van der Waals surface area (Å²) in [7, 11) is -2.02. The van der Waals surface area contributed by atoms with Crippen LogP contribution in [-0.2, 0) is 10.0 Å². The fourth-order valence-electron chi connectivity index (χ4n) is 3.83. The van der Waals surface area contributed by atoms with E-state index in [0.29, 0.717) is 5.69 Å². The molecule has 3 amide bonds. The van der Waals surface area contributed by atoms with E-state index < -0.39 is 22.2 Å². The Labute approximate surface area is 205 Å². The number of benzene rings is 2. The van der Waals surface area contributed by atoms with E-state index >= 15 is 0 Å². The summed E-state index contributed by atoms with van der Waals surface area (Å²) >= 11 is 0. The van der Waals surface area contributed by atoms with Gasteiger partial charge in [-0.2, -0.15) is 0 Å². The quantitative estimate of drug-likeness (QED) is 0.531. The molecule has 0 radical (unpaired) electrons. The van der Waals surface area contributed by atoms with Gasteiger partial charge in [0.25, 0.3) is 5.91 Å². The number of anilines is 2. The van der Waals surface area contributed by atoms with Gasteiger partial charge < -0.3 is 25.0 Å². The Morgan fingerprint density at radius 3 is 2.54 bits per heavy atom. The highest BCUT2D eigenvalue weighted by Gasteiger charge is 2.35. The molecule has 0 saturated carbocycles. The second-order valence-electron chi connectivity index (χ2n) is 8.86. The minimum atomic E-state index is -3.66. The number of nitrogens with zero attached hydrogens (tertiary/aromatic N) is 2. The Kier molecular flexibility index (Phi) is 8.23. The highest BCUT2D eigenvalue weighted by atomic mass is 32.2. The third-order valence-electron chi connectivity index (χ3n) is 5.81. The van der Waals surface area contributed by atoms with Crippen molar-refractivity contribution in [1.29, 1.82) is 0 Å². The standard InChI is InChI=1S/C24H32N4O6S/c1-16-13-28(17(2)15-29)23(30)19-11-8-12-20(26-35(4,32)33)22(19)34-21(16)14-27(3)24(31)25-18-9-6-5-7-10-18/h5-12,16-17,21,26,29H,13-15H2,1-4H3,(H,25,31)/t16-,17-,21-/m1/s1. The van der Waals surface area contributed by atoms with Gasteiger partial charge in [0.1, 0.15) is 6.10 Å². The summed E-state index contributed by atoms with van der Waals surface area (Å²) in [6.07, 6.45) is 0.434. The molecule has 3 N–H and O–H groups in total. The molecule has 190 valence electrons. The number of para-hydroxylation sites is 2. The van der Waals surface area contributed by atoms with E-state index in [4.69, 9.17) is 4.74 Å². The first kappa shape index (κ1) is 26.3. The van der Waals surface area contributed by atoms with E-state index in [2.05, 4.69) is 10.0 Å². The molecular weight excluding hydrogens is 472 g/mol. The van der Waals surface area contributed by atoms with Crippen LogP contribution in [0.1, 0.15) is 24.2 Å². The molecule has 1 heterocycles. The maximum atomic E-state index is 13.4. The van der Waals surface area contributed by atoms with Gasteiger partial charge in [0.05, 0.1) is 36.7 Å². The first-order valence-electron chi connectivity index (χ1n) is 11.3. The monoisotopic (exact) mass is 504 g/mol. The van der Waals surface area contributed by atoms with E-state index in [9.17, 15) is 23.1 Å². The summed E-state index contributed by atoms with van der Waals surface area (Å²) in [4.78, 5) is 29.2. The number of aliphatic hydroxyl groups excluding tert-OH is 1. The zero-order chi connectivity index (χ0) is 25.8. The van der Waals surface area contributed by atoms with Gasteiger partial charge in [-0.3, -0.25) is 9.52 Å². The number of fused-ring (bicyclic) bond motifs is 1. The van der Waals surface area contributed by atoms with Crippen molar-refractivity contribution in [3.05, 3.63) is 54.1 Å². The average molecular weight is 505 g/mol. The SMILES string of the molecule is C[C@@H]1CN([C@H](C)CO)C(=O)c2cccc(NS(C)(=O)=O)c2O[C@@H]1CN(C)C(=O)Nc1ccccc1. The lowest BCUT2D eigenvalue weighted by Gasteiger charge is -2.38. The van der Waals surface area contributed by atoms with Crippen LogP contribution >= 0.6 is 0 Å². The smallest absolute Gasteiger partial charge is 0.321 e. The van der Waals surface area contributed by atoms with Crippen molar-refractivity contribution in [2.45, 2.75) is 26.0 Å². The number of urea groups is 1. The Balaban J connectivity index is 1.95. The van der Waals surface area contributed by atoms with Gasteiger partial charge in [-0.05, 0) is 31.2 Å². The van der Waals surface area contributed by atoms with Crippen molar-refractivity contribution in [3.63, 3.8) is 0 Å². The Hall–Kier alpha value is -3.31. The van der Waals surface area contributed by atoms with E-state index in [-0.39, 0.29) is 54.6 Å². The molecule has 0 spiro atoms. The predicted octanol–water partition coefficient (Wildman–Crippen LogP) is 2.44. The molecule has 3 rings (SSSR count). The molecule has 35 heavy (non-hydrogen) atoms. The molecule has 0 aliphatic carbocycles. The van der Waals surface area contributed by atoms with Crippen LogP contribution in [0.2, 0.25) is 0 Å². The van der Waals surface area contributed by atoms with Crippen LogP contribution in [0.3, 0.4) is 0 Å². The molecular formula is C24H32N4O6S. The number of hydrogen-bond acceptors (Lipinski definition) is 6. The third-order valence-corrected chi connectivity index (χ3v) is 6.40. The second kappa shape index (κ2) is 11.0. The maximum Gasteiger partial charge on any atom is 0.321 e. The van der Waals surface area contributed by atoms with E-state index in [0.717, 1.165) is 6.26 Å². The van der Waals surface area contributed by atoms with Crippen molar-refractivity contribution in [1.82, 2.24) is 9.80 Å². The molecule has 0 fully saturated rings. The first-order chi connectivity index (χ1) is 16.5. The largest absolute Gasteiger partial charge is 0.485 e. The number of sulfonamides is 1. The number of amides is 3. The Morgan fingerprint density at radius 1 is 1.23 bits per heavy atom. The minimum Gasteiger partial charge on any atom is -0.485 e. The summed E-state index contributed by atoms with van der Waals surface area (Å²) < 4.78 is 32.6. The number of carbonyl (C=O) groups is 2. The third kappa shape index (κ3) is 6.64. The summed E-state index contributed by atoms with van der Waals surface area (Å²) in [6, 6.07) is 12.9. The lowest BCUT2D eigenvalue weighted by molar-refractivity contribution is 0.0373. The molecule has 10 nitrogen and oxygen atoms in total. The highest BCUT2D eigenvalue weighted by molar-refractivity contribution is 7.92. The topological polar surface area (TPSA) is 128 Å². The van der Waals surface area contributed by atoms with Crippen LogP contribution in [0.4, 0.5) is 16.2 Å². The van der Waals surface area contributed by atoms with E-state index in [1.165, 1.54) is 11.0 Å². The van der Waals surface area contributed by atoms with Crippen molar-refractivity contribution in [2.75, 3.05) is 43.0 Å². The van der Waals surface area contributed by atoms with Crippen LogP contribution in [0.15, 0.2) is 48.5 Å². The van der Waals surface area contributed by atoms with Crippen LogP contribution in [0.25, 0.3) is 0 Å². The number of rotatable bonds is 7. The molecule has 0 bridgehead atoms. The van der Waals surface area contributed by atoms with Gasteiger partial charge in [-0.25, -0.2) is 13.2 Å². The second-order valence-corrected chi connectivity index (χ2v) is 10.6. The Morgan fingerprint density at radius 2 is 1.91 bits per heavy atom. The minimum absolute atomic E-state index is 0.0893. The number of hydrogen-bond donors (Lipinski definition) is 3. The van der Waals surface area contributed by atoms with Gasteiger partial charge in [-0.15, -0.1) is 0 Å². The lowest BCUT2D eigenvalue weighted by Crippen LogP contribution is -2.50. The molecule has 1 aliphatic heterocycles. The van der Waals surface area contributed by atoms with Crippen molar-refractivity contribution >= 4 is 33.3 Å². The van der Waals surface area contributed by atoms with Gasteiger partial charge in [0.2, 0.25) is 10.0 Å². The molecule has 0 unspecified atom stereocenters. The molecule has 3 atom stereocenters. The summed E-state index contributed by atoms with van der Waals surface area (Å²) in [5.74, 6) is -0.537. The number of aliphatic hydroxyl groups is 1. The summed E-state index contributed by atoms with van der Waals surface area (Å²) in [5, 5.41) is 12.6. The van der Waals surface area contributed by atoms with Gasteiger partial charge >= 0.3 is 6.03 Å². The fraction of sp³-hybridized carbons (Fsp3) is 0.417. The molecule has 0 aromatic heterocycles. The van der Waals surface area contributed by atoms with Crippen molar-refractivity contribution < 1.29 is 27.9 Å². The van der Waals surface area contributed by atoms with Crippen LogP contribution in [-0.4, -0.2) is 80.4 Å². The van der Waals surface area contributed by atoms with Crippen LogP contribution in [0, 0.1) is 5.92 Å². The lowest BCUT2D eigenvalue weighted by atomic mass is 9.99. The van der Waals surface area contributed by atoms with E-state index in [1.807, 2.05) is 25.1 Å². The average Bonchev–Trinajstić information content (AvgIpc) is 2.80. The van der Waals surface area contributed by atoms with Gasteiger partial charge in [-0.1, -0.05) is 31.2 Å². The maximum absolute atomic E-state index is 13.4. The summed E-state index contributed by atoms with van der Waals surface area (Å²) in [5.41, 5.74) is 0.951. The van der Waals surface area contributed by atoms with Crippen molar-refractivity contribution in [3.8, 4) is 5.75 Å². The molecule has 0 saturated heterocycles. The van der Waals surface area contributed by atoms with Gasteiger partial charge in [0, 0.05) is 25.2 Å². The Bertz CT molecular complexity index is 1160. The van der Waals surface area contributed by atoms with E-state index in [1.54, 1.807) is 43.1 Å². The number of likely N-dealkylation sites (N-methyl/N-ethyl adjacent to an activating group) is 1. The predicted molar refractivity (Wildman–Crippen MR) is 134 cm³/mol.